The van der Waals surface area contributed by atoms with Crippen molar-refractivity contribution in [3.05, 3.63) is 22.3 Å². The van der Waals surface area contributed by atoms with Crippen LogP contribution in [-0.2, 0) is 4.79 Å². The summed E-state index contributed by atoms with van der Waals surface area (Å²) < 4.78 is 0. The van der Waals surface area contributed by atoms with Gasteiger partial charge in [-0.05, 0) is 6.08 Å². The summed E-state index contributed by atoms with van der Waals surface area (Å²) in [5.41, 5.74) is 7.13. The Balaban J connectivity index is 2.82. The minimum Gasteiger partial charge on any atom is -0.477 e. The molecule has 0 fully saturated rings. The topological polar surface area (TPSA) is 76.2 Å². The second-order valence-electron chi connectivity index (χ2n) is 1.82. The number of carboxylic acid groups (broad SMARTS) is 1. The van der Waals surface area contributed by atoms with Gasteiger partial charge in [-0.3, -0.25) is 0 Å². The van der Waals surface area contributed by atoms with Gasteiger partial charge in [-0.1, -0.05) is 0 Å². The zero-order chi connectivity index (χ0) is 8.27. The van der Waals surface area contributed by atoms with Crippen molar-refractivity contribution in [3.63, 3.8) is 0 Å². The van der Waals surface area contributed by atoms with Crippen LogP contribution in [0.4, 0.5) is 0 Å². The average Bonchev–Trinajstić information content (AvgIpc) is 2.39. The fourth-order valence-electron chi connectivity index (χ4n) is 0.514. The number of thiazole rings is 1. The van der Waals surface area contributed by atoms with E-state index >= 15 is 0 Å². The third-order valence-corrected chi connectivity index (χ3v) is 1.61. The van der Waals surface area contributed by atoms with Crippen LogP contribution in [0.15, 0.2) is 16.6 Å². The number of nitrogens with two attached hydrogens (primary N) is 1. The molecule has 0 radical (unpaired) electrons. The lowest BCUT2D eigenvalue weighted by Crippen LogP contribution is -2.09. The first kappa shape index (κ1) is 7.74. The number of hydrogen-bond acceptors (Lipinski definition) is 4. The average molecular weight is 170 g/mol. The molecule has 0 aromatic carbocycles. The van der Waals surface area contributed by atoms with Gasteiger partial charge in [0.25, 0.3) is 0 Å². The molecule has 0 atom stereocenters. The number of hydrogen-bond donors (Lipinski definition) is 2. The van der Waals surface area contributed by atoms with Crippen LogP contribution in [0.25, 0.3) is 6.08 Å². The normalized spacial score (nSPS) is 11.5. The molecule has 0 bridgehead atoms. The van der Waals surface area contributed by atoms with Gasteiger partial charge in [0.05, 0.1) is 11.2 Å². The van der Waals surface area contributed by atoms with Crippen molar-refractivity contribution >= 4 is 23.4 Å². The molecule has 0 aliphatic carbocycles. The first-order chi connectivity index (χ1) is 5.20. The minimum atomic E-state index is -1.13. The fourth-order valence-corrected chi connectivity index (χ4v) is 1.03. The van der Waals surface area contributed by atoms with E-state index in [2.05, 4.69) is 4.98 Å². The monoisotopic (exact) mass is 170 g/mol. The van der Waals surface area contributed by atoms with E-state index < -0.39 is 5.97 Å². The summed E-state index contributed by atoms with van der Waals surface area (Å²) in [5, 5.41) is 10.1. The van der Waals surface area contributed by atoms with Gasteiger partial charge in [-0.2, -0.15) is 0 Å². The smallest absolute Gasteiger partial charge is 0.351 e. The summed E-state index contributed by atoms with van der Waals surface area (Å²) >= 11 is 1.39. The molecule has 1 aromatic rings. The van der Waals surface area contributed by atoms with Crippen LogP contribution in [0.3, 0.4) is 0 Å². The lowest BCUT2D eigenvalue weighted by atomic mass is 10.3. The molecule has 0 saturated heterocycles. The Labute approximate surface area is 67.0 Å². The first-order valence-corrected chi connectivity index (χ1v) is 3.73. The van der Waals surface area contributed by atoms with Crippen LogP contribution >= 0.6 is 11.3 Å². The Morgan fingerprint density at radius 2 is 2.55 bits per heavy atom. The van der Waals surface area contributed by atoms with Crippen molar-refractivity contribution < 1.29 is 9.90 Å². The van der Waals surface area contributed by atoms with Crippen molar-refractivity contribution in [2.45, 2.75) is 0 Å². The van der Waals surface area contributed by atoms with Gasteiger partial charge in [0.2, 0.25) is 0 Å². The predicted molar refractivity (Wildman–Crippen MR) is 41.9 cm³/mol. The molecule has 0 unspecified atom stereocenters. The summed E-state index contributed by atoms with van der Waals surface area (Å²) in [6.45, 7) is 0. The molecule has 3 N–H and O–H groups in total. The lowest BCUT2D eigenvalue weighted by molar-refractivity contribution is -0.132. The molecule has 58 valence electrons. The van der Waals surface area contributed by atoms with Gasteiger partial charge >= 0.3 is 5.97 Å². The molecule has 1 heterocycles. The first-order valence-electron chi connectivity index (χ1n) is 2.79. The maximum Gasteiger partial charge on any atom is 0.351 e. The van der Waals surface area contributed by atoms with Crippen LogP contribution in [0, 0.1) is 0 Å². The number of rotatable bonds is 2. The van der Waals surface area contributed by atoms with Crippen molar-refractivity contribution in [2.75, 3.05) is 0 Å². The number of aliphatic carboxylic acids is 1. The van der Waals surface area contributed by atoms with Gasteiger partial charge in [0.15, 0.2) is 0 Å². The highest BCUT2D eigenvalue weighted by Crippen LogP contribution is 2.04. The van der Waals surface area contributed by atoms with E-state index in [1.54, 1.807) is 10.9 Å². The molecule has 1 aromatic heterocycles. The third-order valence-electron chi connectivity index (χ3n) is 1.00. The van der Waals surface area contributed by atoms with E-state index in [-0.39, 0.29) is 5.70 Å². The van der Waals surface area contributed by atoms with Gasteiger partial charge in [0, 0.05) is 5.38 Å². The summed E-state index contributed by atoms with van der Waals surface area (Å²) in [6.07, 6.45) is 1.32. The lowest BCUT2D eigenvalue weighted by Gasteiger charge is -1.89. The summed E-state index contributed by atoms with van der Waals surface area (Å²) in [6, 6.07) is 0. The van der Waals surface area contributed by atoms with Crippen LogP contribution < -0.4 is 5.73 Å². The van der Waals surface area contributed by atoms with Crippen LogP contribution in [-0.4, -0.2) is 16.1 Å². The molecule has 5 heteroatoms. The minimum absolute atomic E-state index is 0.198. The van der Waals surface area contributed by atoms with E-state index in [1.807, 2.05) is 0 Å². The number of carbonyl (C=O) groups is 1. The highest BCUT2D eigenvalue weighted by molar-refractivity contribution is 7.07. The SMILES string of the molecule is N/C(=C\c1cscn1)C(=O)O. The quantitative estimate of drug-likeness (QED) is 0.634. The van der Waals surface area contributed by atoms with Crippen molar-refractivity contribution in [3.8, 4) is 0 Å². The third kappa shape index (κ3) is 2.05. The predicted octanol–water partition coefficient (Wildman–Crippen LogP) is 0.527. The molecule has 0 amide bonds. The van der Waals surface area contributed by atoms with Gasteiger partial charge < -0.3 is 10.8 Å². The van der Waals surface area contributed by atoms with E-state index in [4.69, 9.17) is 10.8 Å². The summed E-state index contributed by atoms with van der Waals surface area (Å²) in [5.74, 6) is -1.13. The molecule has 0 aliphatic rings. The standard InChI is InChI=1S/C6H6N2O2S/c7-5(6(9)10)1-4-2-11-3-8-4/h1-3H,7H2,(H,9,10)/b5-1-. The Bertz CT molecular complexity index is 279. The van der Waals surface area contributed by atoms with Crippen molar-refractivity contribution in [1.29, 1.82) is 0 Å². The maximum atomic E-state index is 10.2. The zero-order valence-corrected chi connectivity index (χ0v) is 6.34. The van der Waals surface area contributed by atoms with Crippen LogP contribution in [0.5, 0.6) is 0 Å². The van der Waals surface area contributed by atoms with Gasteiger partial charge in [0.1, 0.15) is 5.70 Å². The Hall–Kier alpha value is -1.36. The number of nitrogens with zero attached hydrogens (tertiary/aromatic N) is 1. The Kier molecular flexibility index (Phi) is 2.22. The largest absolute Gasteiger partial charge is 0.477 e. The van der Waals surface area contributed by atoms with E-state index in [1.165, 1.54) is 17.4 Å². The fraction of sp³-hybridized carbons (Fsp3) is 0. The Morgan fingerprint density at radius 3 is 3.00 bits per heavy atom. The maximum absolute atomic E-state index is 10.2. The molecular weight excluding hydrogens is 164 g/mol. The zero-order valence-electron chi connectivity index (χ0n) is 5.52. The molecule has 0 spiro atoms. The van der Waals surface area contributed by atoms with Gasteiger partial charge in [-0.25, -0.2) is 9.78 Å². The van der Waals surface area contributed by atoms with Crippen LogP contribution in [0.2, 0.25) is 0 Å². The second-order valence-corrected chi connectivity index (χ2v) is 2.54. The summed E-state index contributed by atoms with van der Waals surface area (Å²) in [7, 11) is 0. The number of carboxylic acids is 1. The second kappa shape index (κ2) is 3.16. The summed E-state index contributed by atoms with van der Waals surface area (Å²) in [4.78, 5) is 14.0. The molecule has 1 rings (SSSR count). The Morgan fingerprint density at radius 1 is 1.82 bits per heavy atom. The van der Waals surface area contributed by atoms with E-state index in [9.17, 15) is 4.79 Å². The van der Waals surface area contributed by atoms with E-state index in [0.717, 1.165) is 0 Å². The molecule has 11 heavy (non-hydrogen) atoms. The molecule has 0 aliphatic heterocycles. The van der Waals surface area contributed by atoms with Gasteiger partial charge in [-0.15, -0.1) is 11.3 Å². The molecular formula is C6H6N2O2S. The van der Waals surface area contributed by atoms with Crippen molar-refractivity contribution in [2.24, 2.45) is 5.73 Å². The van der Waals surface area contributed by atoms with Crippen LogP contribution in [0.1, 0.15) is 5.69 Å². The van der Waals surface area contributed by atoms with E-state index in [0.29, 0.717) is 5.69 Å². The number of aromatic nitrogens is 1. The van der Waals surface area contributed by atoms with Crippen molar-refractivity contribution in [1.82, 2.24) is 4.98 Å². The molecule has 4 nitrogen and oxygen atoms in total. The highest BCUT2D eigenvalue weighted by Gasteiger charge is 2.00. The molecule has 0 saturated carbocycles. The highest BCUT2D eigenvalue weighted by atomic mass is 32.1.